The van der Waals surface area contributed by atoms with Crippen LogP contribution in [0.25, 0.3) is 0 Å². The van der Waals surface area contributed by atoms with Crippen LogP contribution < -0.4 is 0 Å². The molecule has 1 unspecified atom stereocenters. The van der Waals surface area contributed by atoms with Crippen LogP contribution in [-0.2, 0) is 0 Å². The Morgan fingerprint density at radius 3 is 2.60 bits per heavy atom. The highest BCUT2D eigenvalue weighted by Gasteiger charge is 1.69. The third-order valence-electron chi connectivity index (χ3n) is 0.418. The van der Waals surface area contributed by atoms with Gasteiger partial charge in [-0.25, -0.2) is 0 Å². The first-order valence-corrected chi connectivity index (χ1v) is 1.87. The smallest absolute Gasteiger partial charge is 0.0564 e. The van der Waals surface area contributed by atoms with Crippen molar-refractivity contribution in [2.45, 2.75) is 19.8 Å². The number of hydrogen-bond acceptors (Lipinski definition) is 1. The average Bonchev–Trinajstić information content (AvgIpc) is 1.35. The van der Waals surface area contributed by atoms with Gasteiger partial charge in [0.25, 0.3) is 0 Å². The second-order valence-corrected chi connectivity index (χ2v) is 0.971. The number of hydrogen-bond donors (Lipinski definition) is 1. The Hall–Kier alpha value is -0.0400. The number of aliphatic hydroxyl groups excluding tert-OH is 1. The molecular formula is C4H10O. The highest BCUT2D eigenvalue weighted by atomic mass is 16.2. The van der Waals surface area contributed by atoms with Crippen LogP contribution in [0, 0.1) is 0 Å². The molecule has 0 rings (SSSR count). The summed E-state index contributed by atoms with van der Waals surface area (Å²) in [6.07, 6.45) is 1.49. The maximum Gasteiger partial charge on any atom is 0.0564 e. The van der Waals surface area contributed by atoms with Crippen LogP contribution in [-0.4, -0.2) is 11.7 Å². The van der Waals surface area contributed by atoms with Crippen LogP contribution in [0.5, 0.6) is 0 Å². The molecule has 5 heavy (non-hydrogen) atoms. The Morgan fingerprint density at radius 1 is 2.00 bits per heavy atom. The molecule has 1 nitrogen and oxygen atoms in total. The largest absolute Gasteiger partial charge is 0.396 e. The number of rotatable bonds is 2. The van der Waals surface area contributed by atoms with Crippen molar-refractivity contribution in [2.75, 3.05) is 6.58 Å². The fourth-order valence-corrected chi connectivity index (χ4v) is 0.129. The Labute approximate surface area is 34.0 Å². The van der Waals surface area contributed by atoms with Gasteiger partial charge in [-0.2, -0.15) is 0 Å². The fraction of sp³-hybridized carbons (Fsp3) is 1.00. The zero-order valence-corrected chi connectivity index (χ0v) is 3.44. The van der Waals surface area contributed by atoms with Crippen molar-refractivity contribution in [3.8, 4) is 0 Å². The fourth-order valence-electron chi connectivity index (χ4n) is 0.129. The molecule has 0 fully saturated rings. The predicted molar refractivity (Wildman–Crippen MR) is 22.0 cm³/mol. The minimum atomic E-state index is -0.852. The molecule has 1 atom stereocenters. The minimum absolute atomic E-state index is 0.597. The summed E-state index contributed by atoms with van der Waals surface area (Å²) >= 11 is 0. The highest BCUT2D eigenvalue weighted by molar-refractivity contribution is 4.23. The molecule has 0 amide bonds. The van der Waals surface area contributed by atoms with Gasteiger partial charge >= 0.3 is 0 Å². The van der Waals surface area contributed by atoms with E-state index in [2.05, 4.69) is 0 Å². The van der Waals surface area contributed by atoms with Gasteiger partial charge in [0.15, 0.2) is 0 Å². The summed E-state index contributed by atoms with van der Waals surface area (Å²) in [6.45, 7) is 1.09. The lowest BCUT2D eigenvalue weighted by Crippen LogP contribution is -1.75. The van der Waals surface area contributed by atoms with E-state index in [-0.39, 0.29) is 0 Å². The van der Waals surface area contributed by atoms with Gasteiger partial charge in [0.1, 0.15) is 0 Å². The molecule has 0 aliphatic rings. The monoisotopic (exact) mass is 76.1 g/mol. The molecule has 0 aromatic heterocycles. The van der Waals surface area contributed by atoms with Crippen molar-refractivity contribution in [1.29, 1.82) is 0 Å². The second kappa shape index (κ2) is 3.96. The molecule has 0 aliphatic carbocycles. The Kier molecular flexibility index (Phi) is 2.50. The molecule has 0 bridgehead atoms. The van der Waals surface area contributed by atoms with Crippen molar-refractivity contribution < 1.29 is 6.48 Å². The van der Waals surface area contributed by atoms with Gasteiger partial charge in [-0.05, 0) is 6.42 Å². The lowest BCUT2D eigenvalue weighted by Gasteiger charge is -1.79. The van der Waals surface area contributed by atoms with Crippen molar-refractivity contribution in [3.63, 3.8) is 0 Å². The van der Waals surface area contributed by atoms with E-state index in [1.54, 1.807) is 0 Å². The van der Waals surface area contributed by atoms with Gasteiger partial charge in [-0.1, -0.05) is 13.3 Å². The molecular weight excluding hydrogens is 64.0 g/mol. The molecule has 32 valence electrons. The van der Waals surface area contributed by atoms with Gasteiger partial charge in [0, 0.05) is 6.58 Å². The van der Waals surface area contributed by atoms with Gasteiger partial charge in [0.05, 0.1) is 1.37 Å². The maximum absolute atomic E-state index is 8.22. The summed E-state index contributed by atoms with van der Waals surface area (Å²) in [5.74, 6) is 0. The molecule has 0 saturated heterocycles. The average molecular weight is 76.1 g/mol. The van der Waals surface area contributed by atoms with Crippen molar-refractivity contribution in [3.05, 3.63) is 0 Å². The lowest BCUT2D eigenvalue weighted by molar-refractivity contribution is 0.287. The normalized spacial score (nSPS) is 17.6. The van der Waals surface area contributed by atoms with Crippen molar-refractivity contribution >= 4 is 0 Å². The molecule has 1 heteroatoms. The predicted octanol–water partition coefficient (Wildman–Crippen LogP) is 0.779. The molecule has 0 saturated carbocycles. The summed E-state index contributed by atoms with van der Waals surface area (Å²) in [5.41, 5.74) is 0. The molecule has 0 aromatic carbocycles. The van der Waals surface area contributed by atoms with Crippen molar-refractivity contribution in [1.82, 2.24) is 0 Å². The summed E-state index contributed by atoms with van der Waals surface area (Å²) in [6, 6.07) is 0. The Bertz CT molecular complexity index is 28.7. The summed E-state index contributed by atoms with van der Waals surface area (Å²) < 4.78 is 6.53. The van der Waals surface area contributed by atoms with Gasteiger partial charge in [-0.15, -0.1) is 0 Å². The second-order valence-electron chi connectivity index (χ2n) is 0.971. The van der Waals surface area contributed by atoms with E-state index in [1.807, 2.05) is 6.92 Å². The first-order chi connectivity index (χ1) is 2.77. The molecule has 0 spiro atoms. The summed E-state index contributed by atoms with van der Waals surface area (Å²) in [5, 5.41) is 8.22. The minimum Gasteiger partial charge on any atom is -0.396 e. The van der Waals surface area contributed by atoms with Crippen LogP contribution in [0.15, 0.2) is 0 Å². The molecule has 0 aromatic rings. The van der Waals surface area contributed by atoms with E-state index in [1.165, 1.54) is 0 Å². The van der Waals surface area contributed by atoms with Crippen LogP contribution in [0.4, 0.5) is 0 Å². The van der Waals surface area contributed by atoms with Gasteiger partial charge in [0.2, 0.25) is 0 Å². The van der Waals surface area contributed by atoms with Crippen LogP contribution >= 0.6 is 0 Å². The van der Waals surface area contributed by atoms with E-state index < -0.39 is 6.58 Å². The SMILES string of the molecule is [3H]C(O)CCC. The summed E-state index contributed by atoms with van der Waals surface area (Å²) in [4.78, 5) is 0. The first kappa shape index (κ1) is 3.16. The zero-order chi connectivity index (χ0) is 4.99. The van der Waals surface area contributed by atoms with E-state index in [0.29, 0.717) is 6.42 Å². The standard InChI is InChI=1S/C4H10O/c1-2-3-4-5/h5H,2-4H2,1H3/i4T. The Balaban J connectivity index is 2.63. The molecule has 0 heterocycles. The lowest BCUT2D eigenvalue weighted by atomic mass is 10.4. The van der Waals surface area contributed by atoms with E-state index in [0.717, 1.165) is 6.42 Å². The molecule has 0 radical (unpaired) electrons. The highest BCUT2D eigenvalue weighted by Crippen LogP contribution is 1.78. The Morgan fingerprint density at radius 2 is 2.60 bits per heavy atom. The van der Waals surface area contributed by atoms with E-state index >= 15 is 0 Å². The van der Waals surface area contributed by atoms with Crippen LogP contribution in [0.2, 0.25) is 0 Å². The summed E-state index contributed by atoms with van der Waals surface area (Å²) in [7, 11) is 0. The molecule has 0 aliphatic heterocycles. The van der Waals surface area contributed by atoms with Crippen LogP contribution in [0.3, 0.4) is 0 Å². The third kappa shape index (κ3) is 3.96. The van der Waals surface area contributed by atoms with Gasteiger partial charge in [-0.3, -0.25) is 0 Å². The first-order valence-electron chi connectivity index (χ1n) is 2.45. The topological polar surface area (TPSA) is 20.2 Å². The maximum atomic E-state index is 8.22. The van der Waals surface area contributed by atoms with E-state index in [4.69, 9.17) is 6.48 Å². The quantitative estimate of drug-likeness (QED) is 0.515. The molecule has 1 N–H and O–H groups in total. The van der Waals surface area contributed by atoms with Gasteiger partial charge < -0.3 is 5.11 Å². The van der Waals surface area contributed by atoms with E-state index in [9.17, 15) is 0 Å². The zero-order valence-electron chi connectivity index (χ0n) is 4.44. The third-order valence-corrected chi connectivity index (χ3v) is 0.418. The van der Waals surface area contributed by atoms with Crippen LogP contribution in [0.1, 0.15) is 21.1 Å². The number of aliphatic hydroxyl groups is 1. The van der Waals surface area contributed by atoms with Crippen molar-refractivity contribution in [2.24, 2.45) is 0 Å².